The third-order valence-electron chi connectivity index (χ3n) is 1.99. The summed E-state index contributed by atoms with van der Waals surface area (Å²) in [6.45, 7) is 0. The van der Waals surface area contributed by atoms with Crippen LogP contribution in [0.15, 0.2) is 28.9 Å². The molecule has 1 N–H and O–H groups in total. The van der Waals surface area contributed by atoms with Crippen LogP contribution in [-0.4, -0.2) is 16.1 Å². The fourth-order valence-electron chi connectivity index (χ4n) is 1.37. The Kier molecular flexibility index (Phi) is 2.40. The Morgan fingerprint density at radius 1 is 1.47 bits per heavy atom. The van der Waals surface area contributed by atoms with Gasteiger partial charge in [-0.15, -0.1) is 0 Å². The first kappa shape index (κ1) is 10.0. The van der Waals surface area contributed by atoms with Crippen LogP contribution in [0.5, 0.6) is 0 Å². The first-order valence-corrected chi connectivity index (χ1v) is 4.86. The van der Waals surface area contributed by atoms with E-state index < -0.39 is 11.8 Å². The van der Waals surface area contributed by atoms with Gasteiger partial charge >= 0.3 is 5.97 Å². The van der Waals surface area contributed by atoms with Gasteiger partial charge in [0.15, 0.2) is 0 Å². The van der Waals surface area contributed by atoms with Crippen molar-refractivity contribution in [2.24, 2.45) is 0 Å². The molecule has 1 aromatic heterocycles. The van der Waals surface area contributed by atoms with Crippen LogP contribution in [0.4, 0.5) is 4.39 Å². The van der Waals surface area contributed by atoms with Crippen LogP contribution in [0.3, 0.4) is 0 Å². The molecule has 0 unspecified atom stereocenters. The zero-order chi connectivity index (χ0) is 11.0. The van der Waals surface area contributed by atoms with E-state index in [-0.39, 0.29) is 10.9 Å². The number of aromatic nitrogens is 1. The molecule has 0 spiro atoms. The minimum absolute atomic E-state index is 0.0419. The summed E-state index contributed by atoms with van der Waals surface area (Å²) >= 11 is 3.14. The van der Waals surface area contributed by atoms with Gasteiger partial charge in [0.1, 0.15) is 5.82 Å². The van der Waals surface area contributed by atoms with Gasteiger partial charge in [-0.3, -0.25) is 4.98 Å². The third kappa shape index (κ3) is 1.70. The van der Waals surface area contributed by atoms with Crippen molar-refractivity contribution in [1.29, 1.82) is 0 Å². The molecule has 0 saturated carbocycles. The van der Waals surface area contributed by atoms with Gasteiger partial charge in [-0.1, -0.05) is 0 Å². The summed E-state index contributed by atoms with van der Waals surface area (Å²) < 4.78 is 13.5. The van der Waals surface area contributed by atoms with Crippen LogP contribution in [0.25, 0.3) is 10.9 Å². The van der Waals surface area contributed by atoms with Crippen LogP contribution in [0.1, 0.15) is 10.4 Å². The minimum Gasteiger partial charge on any atom is -0.478 e. The molecular weight excluding hydrogens is 265 g/mol. The topological polar surface area (TPSA) is 50.2 Å². The lowest BCUT2D eigenvalue weighted by atomic mass is 10.1. The molecule has 1 heterocycles. The van der Waals surface area contributed by atoms with E-state index in [9.17, 15) is 9.18 Å². The van der Waals surface area contributed by atoms with E-state index in [1.165, 1.54) is 18.3 Å². The Bertz CT molecular complexity index is 556. The van der Waals surface area contributed by atoms with Gasteiger partial charge in [0.25, 0.3) is 0 Å². The van der Waals surface area contributed by atoms with E-state index in [1.807, 2.05) is 0 Å². The van der Waals surface area contributed by atoms with Crippen molar-refractivity contribution in [3.8, 4) is 0 Å². The summed E-state index contributed by atoms with van der Waals surface area (Å²) in [6, 6.07) is 3.76. The van der Waals surface area contributed by atoms with Crippen molar-refractivity contribution >= 4 is 32.8 Å². The van der Waals surface area contributed by atoms with Gasteiger partial charge in [-0.2, -0.15) is 0 Å². The largest absolute Gasteiger partial charge is 0.478 e. The minimum atomic E-state index is -1.10. The highest BCUT2D eigenvalue weighted by Crippen LogP contribution is 2.25. The highest BCUT2D eigenvalue weighted by Gasteiger charge is 2.11. The monoisotopic (exact) mass is 269 g/mol. The van der Waals surface area contributed by atoms with Crippen LogP contribution >= 0.6 is 15.9 Å². The number of fused-ring (bicyclic) bond motifs is 1. The molecule has 15 heavy (non-hydrogen) atoms. The van der Waals surface area contributed by atoms with Crippen molar-refractivity contribution in [1.82, 2.24) is 4.98 Å². The third-order valence-corrected chi connectivity index (χ3v) is 2.60. The second-order valence-corrected chi connectivity index (χ2v) is 3.80. The van der Waals surface area contributed by atoms with E-state index in [2.05, 4.69) is 20.9 Å². The summed E-state index contributed by atoms with van der Waals surface area (Å²) in [5.41, 5.74) is 0.483. The van der Waals surface area contributed by atoms with Gasteiger partial charge in [-0.05, 0) is 34.1 Å². The van der Waals surface area contributed by atoms with Crippen molar-refractivity contribution in [3.63, 3.8) is 0 Å². The first-order valence-electron chi connectivity index (χ1n) is 4.06. The maximum absolute atomic E-state index is 13.1. The Hall–Kier alpha value is -1.49. The van der Waals surface area contributed by atoms with Crippen molar-refractivity contribution < 1.29 is 14.3 Å². The molecule has 0 saturated heterocycles. The summed E-state index contributed by atoms with van der Waals surface area (Å²) in [5.74, 6) is -1.59. The molecule has 2 aromatic rings. The quantitative estimate of drug-likeness (QED) is 0.866. The van der Waals surface area contributed by atoms with Crippen LogP contribution in [-0.2, 0) is 0 Å². The molecule has 1 aromatic carbocycles. The predicted octanol–water partition coefficient (Wildman–Crippen LogP) is 2.83. The highest BCUT2D eigenvalue weighted by molar-refractivity contribution is 9.10. The number of pyridine rings is 1. The first-order chi connectivity index (χ1) is 7.09. The van der Waals surface area contributed by atoms with Gasteiger partial charge in [0.2, 0.25) is 0 Å². The maximum Gasteiger partial charge on any atom is 0.336 e. The Balaban J connectivity index is 2.91. The van der Waals surface area contributed by atoms with E-state index in [0.29, 0.717) is 9.99 Å². The predicted molar refractivity (Wildman–Crippen MR) is 56.4 cm³/mol. The standard InChI is InChI=1S/C10H5BrFNO2/c11-8-4-5(12)3-7-6(10(14)15)1-2-13-9(7)8/h1-4H,(H,14,15). The molecule has 0 aliphatic heterocycles. The number of benzene rings is 1. The Morgan fingerprint density at radius 2 is 2.20 bits per heavy atom. The summed E-state index contributed by atoms with van der Waals surface area (Å²) in [5, 5.41) is 9.19. The smallest absolute Gasteiger partial charge is 0.336 e. The van der Waals surface area contributed by atoms with Crippen molar-refractivity contribution in [3.05, 3.63) is 40.2 Å². The zero-order valence-electron chi connectivity index (χ0n) is 7.37. The average Bonchev–Trinajstić information content (AvgIpc) is 2.16. The number of nitrogens with zero attached hydrogens (tertiary/aromatic N) is 1. The average molecular weight is 270 g/mol. The number of carboxylic acid groups (broad SMARTS) is 1. The Labute approximate surface area is 92.7 Å². The number of halogens is 2. The molecule has 5 heteroatoms. The van der Waals surface area contributed by atoms with Gasteiger partial charge in [0.05, 0.1) is 11.1 Å². The fraction of sp³-hybridized carbons (Fsp3) is 0. The Morgan fingerprint density at radius 3 is 2.87 bits per heavy atom. The summed E-state index contributed by atoms with van der Waals surface area (Å²) in [4.78, 5) is 14.9. The number of aromatic carboxylic acids is 1. The molecule has 76 valence electrons. The van der Waals surface area contributed by atoms with Crippen LogP contribution in [0, 0.1) is 5.82 Å². The zero-order valence-corrected chi connectivity index (χ0v) is 8.95. The van der Waals surface area contributed by atoms with E-state index >= 15 is 0 Å². The van der Waals surface area contributed by atoms with Crippen LogP contribution in [0.2, 0.25) is 0 Å². The van der Waals surface area contributed by atoms with Crippen molar-refractivity contribution in [2.75, 3.05) is 0 Å². The van der Waals surface area contributed by atoms with Crippen LogP contribution < -0.4 is 0 Å². The number of rotatable bonds is 1. The lowest BCUT2D eigenvalue weighted by molar-refractivity contribution is 0.0699. The second kappa shape index (κ2) is 3.58. The SMILES string of the molecule is O=C(O)c1ccnc2c(Br)cc(F)cc12. The van der Waals surface area contributed by atoms with Gasteiger partial charge in [0, 0.05) is 16.1 Å². The molecule has 2 rings (SSSR count). The molecule has 0 radical (unpaired) electrons. The highest BCUT2D eigenvalue weighted by atomic mass is 79.9. The lowest BCUT2D eigenvalue weighted by Gasteiger charge is -2.03. The van der Waals surface area contributed by atoms with E-state index in [4.69, 9.17) is 5.11 Å². The normalized spacial score (nSPS) is 10.5. The molecule has 3 nitrogen and oxygen atoms in total. The number of carboxylic acids is 1. The molecule has 0 aliphatic rings. The molecule has 0 fully saturated rings. The van der Waals surface area contributed by atoms with E-state index in [0.717, 1.165) is 6.07 Å². The van der Waals surface area contributed by atoms with Gasteiger partial charge < -0.3 is 5.11 Å². The molecule has 0 amide bonds. The number of hydrogen-bond acceptors (Lipinski definition) is 2. The summed E-state index contributed by atoms with van der Waals surface area (Å²) in [6.07, 6.45) is 1.38. The van der Waals surface area contributed by atoms with Crippen molar-refractivity contribution in [2.45, 2.75) is 0 Å². The number of hydrogen-bond donors (Lipinski definition) is 1. The molecule has 0 bridgehead atoms. The second-order valence-electron chi connectivity index (χ2n) is 2.95. The molecule has 0 aliphatic carbocycles. The lowest BCUT2D eigenvalue weighted by Crippen LogP contribution is -1.98. The molecule has 0 atom stereocenters. The maximum atomic E-state index is 13.1. The molecular formula is C10H5BrFNO2. The van der Waals surface area contributed by atoms with Gasteiger partial charge in [-0.25, -0.2) is 9.18 Å². The fourth-order valence-corrected chi connectivity index (χ4v) is 1.90. The van der Waals surface area contributed by atoms with E-state index in [1.54, 1.807) is 0 Å². The number of carbonyl (C=O) groups is 1. The summed E-state index contributed by atoms with van der Waals surface area (Å²) in [7, 11) is 0.